The zero-order chi connectivity index (χ0) is 20.4. The van der Waals surface area contributed by atoms with E-state index in [0.717, 1.165) is 18.8 Å². The number of hydrogen-bond donors (Lipinski definition) is 3. The normalized spacial score (nSPS) is 14.8. The Hall–Kier alpha value is -2.46. The molecular formula is C18H26N4O5S. The summed E-state index contributed by atoms with van der Waals surface area (Å²) < 4.78 is 10.3. The van der Waals surface area contributed by atoms with Gasteiger partial charge in [-0.15, -0.1) is 0 Å². The maximum Gasteiger partial charge on any atom is 0.329 e. The number of amides is 3. The van der Waals surface area contributed by atoms with Gasteiger partial charge in [0.1, 0.15) is 6.04 Å². The third-order valence-electron chi connectivity index (χ3n) is 4.08. The lowest BCUT2D eigenvalue weighted by atomic mass is 10.2. The fraction of sp³-hybridized carbons (Fsp3) is 0.500. The van der Waals surface area contributed by atoms with Crippen molar-refractivity contribution in [2.75, 3.05) is 55.1 Å². The second kappa shape index (κ2) is 11.4. The molecule has 1 aromatic carbocycles. The van der Waals surface area contributed by atoms with Gasteiger partial charge < -0.3 is 30.7 Å². The fourth-order valence-electron chi connectivity index (χ4n) is 2.67. The molecule has 9 nitrogen and oxygen atoms in total. The van der Waals surface area contributed by atoms with Crippen molar-refractivity contribution in [2.45, 2.75) is 12.5 Å². The molecule has 0 unspecified atom stereocenters. The molecule has 0 saturated carbocycles. The van der Waals surface area contributed by atoms with Crippen molar-refractivity contribution in [3.8, 4) is 0 Å². The Balaban J connectivity index is 1.80. The van der Waals surface area contributed by atoms with E-state index >= 15 is 0 Å². The summed E-state index contributed by atoms with van der Waals surface area (Å²) in [6, 6.07) is 5.74. The molecule has 28 heavy (non-hydrogen) atoms. The number of carbonyl (C=O) groups excluding carboxylic acids is 3. The Kier molecular flexibility index (Phi) is 8.89. The van der Waals surface area contributed by atoms with Gasteiger partial charge in [-0.2, -0.15) is 11.8 Å². The molecule has 1 aliphatic heterocycles. The van der Waals surface area contributed by atoms with Crippen LogP contribution in [0.3, 0.4) is 0 Å². The first-order valence-electron chi connectivity index (χ1n) is 8.93. The number of rotatable bonds is 9. The Morgan fingerprint density at radius 1 is 1.25 bits per heavy atom. The monoisotopic (exact) mass is 410 g/mol. The Morgan fingerprint density at radius 2 is 1.93 bits per heavy atom. The highest BCUT2D eigenvalue weighted by molar-refractivity contribution is 7.98. The number of primary amides is 1. The smallest absolute Gasteiger partial charge is 0.329 e. The fourth-order valence-corrected chi connectivity index (χ4v) is 3.14. The van der Waals surface area contributed by atoms with E-state index in [0.29, 0.717) is 31.1 Å². The Labute approximate surface area is 168 Å². The van der Waals surface area contributed by atoms with E-state index in [4.69, 9.17) is 15.2 Å². The summed E-state index contributed by atoms with van der Waals surface area (Å²) in [5.41, 5.74) is 6.73. The zero-order valence-corrected chi connectivity index (χ0v) is 16.6. The highest BCUT2D eigenvalue weighted by Crippen LogP contribution is 2.19. The topological polar surface area (TPSA) is 123 Å². The van der Waals surface area contributed by atoms with Crippen molar-refractivity contribution in [1.29, 1.82) is 0 Å². The number of benzene rings is 1. The lowest BCUT2D eigenvalue weighted by Crippen LogP contribution is -2.45. The average Bonchev–Trinajstić information content (AvgIpc) is 2.70. The number of nitrogens with one attached hydrogen (secondary N) is 2. The van der Waals surface area contributed by atoms with Gasteiger partial charge in [-0.1, -0.05) is 0 Å². The van der Waals surface area contributed by atoms with Crippen LogP contribution in [0.1, 0.15) is 6.42 Å². The highest BCUT2D eigenvalue weighted by atomic mass is 32.2. The number of hydrogen-bond acceptors (Lipinski definition) is 7. The summed E-state index contributed by atoms with van der Waals surface area (Å²) in [5.74, 6) is -0.511. The molecule has 1 aliphatic rings. The molecule has 0 aromatic heterocycles. The lowest BCUT2D eigenvalue weighted by Gasteiger charge is -2.28. The van der Waals surface area contributed by atoms with Gasteiger partial charge >= 0.3 is 12.0 Å². The summed E-state index contributed by atoms with van der Waals surface area (Å²) in [6.07, 6.45) is 2.25. The molecular weight excluding hydrogens is 384 g/mol. The van der Waals surface area contributed by atoms with E-state index in [2.05, 4.69) is 15.5 Å². The van der Waals surface area contributed by atoms with Crippen LogP contribution in [0.2, 0.25) is 0 Å². The molecule has 3 amide bonds. The van der Waals surface area contributed by atoms with Crippen LogP contribution in [0.4, 0.5) is 16.2 Å². The van der Waals surface area contributed by atoms with Gasteiger partial charge in [0, 0.05) is 24.5 Å². The molecule has 2 rings (SSSR count). The van der Waals surface area contributed by atoms with E-state index in [-0.39, 0.29) is 0 Å². The maximum atomic E-state index is 12.1. The number of esters is 1. The lowest BCUT2D eigenvalue weighted by molar-refractivity contribution is -0.149. The maximum absolute atomic E-state index is 12.1. The van der Waals surface area contributed by atoms with E-state index in [1.54, 1.807) is 12.1 Å². The number of morpholine rings is 1. The van der Waals surface area contributed by atoms with Crippen LogP contribution < -0.4 is 21.3 Å². The van der Waals surface area contributed by atoms with Crippen LogP contribution in [-0.4, -0.2) is 68.9 Å². The second-order valence-corrected chi connectivity index (χ2v) is 7.13. The van der Waals surface area contributed by atoms with Crippen LogP contribution in [-0.2, 0) is 19.1 Å². The van der Waals surface area contributed by atoms with E-state index < -0.39 is 30.6 Å². The number of nitrogens with zero attached hydrogens (tertiary/aromatic N) is 1. The highest BCUT2D eigenvalue weighted by Gasteiger charge is 2.22. The van der Waals surface area contributed by atoms with Crippen LogP contribution in [0.25, 0.3) is 0 Å². The first-order valence-corrected chi connectivity index (χ1v) is 10.3. The second-order valence-electron chi connectivity index (χ2n) is 6.14. The first-order chi connectivity index (χ1) is 13.5. The number of carbonyl (C=O) groups is 3. The van der Waals surface area contributed by atoms with E-state index in [1.165, 1.54) is 11.8 Å². The molecule has 1 atom stereocenters. The van der Waals surface area contributed by atoms with Crippen molar-refractivity contribution in [2.24, 2.45) is 5.73 Å². The standard InChI is InChI=1S/C18H26N4O5S/c1-28-11-6-15(21-18(19)25)17(24)27-12-16(23)20-13-2-4-14(5-3-13)22-7-9-26-10-8-22/h2-5,15H,6-12H2,1H3,(H,20,23)(H3,19,21,25)/t15-/m1/s1. The largest absolute Gasteiger partial charge is 0.454 e. The molecule has 1 heterocycles. The predicted molar refractivity (Wildman–Crippen MR) is 109 cm³/mol. The summed E-state index contributed by atoms with van der Waals surface area (Å²) in [5, 5.41) is 5.01. The van der Waals surface area contributed by atoms with Crippen molar-refractivity contribution < 1.29 is 23.9 Å². The summed E-state index contributed by atoms with van der Waals surface area (Å²) in [7, 11) is 0. The van der Waals surface area contributed by atoms with Crippen molar-refractivity contribution in [3.63, 3.8) is 0 Å². The van der Waals surface area contributed by atoms with E-state index in [9.17, 15) is 14.4 Å². The molecule has 0 radical (unpaired) electrons. The van der Waals surface area contributed by atoms with Gasteiger partial charge in [0.15, 0.2) is 6.61 Å². The summed E-state index contributed by atoms with van der Waals surface area (Å²) >= 11 is 1.52. The molecule has 1 saturated heterocycles. The third kappa shape index (κ3) is 7.28. The predicted octanol–water partition coefficient (Wildman–Crippen LogP) is 0.795. The van der Waals surface area contributed by atoms with Crippen LogP contribution >= 0.6 is 11.8 Å². The molecule has 0 spiro atoms. The van der Waals surface area contributed by atoms with Gasteiger partial charge in [0.05, 0.1) is 13.2 Å². The van der Waals surface area contributed by atoms with Crippen molar-refractivity contribution >= 4 is 41.0 Å². The molecule has 0 aliphatic carbocycles. The molecule has 4 N–H and O–H groups in total. The van der Waals surface area contributed by atoms with Crippen LogP contribution in [0.15, 0.2) is 24.3 Å². The quantitative estimate of drug-likeness (QED) is 0.515. The molecule has 10 heteroatoms. The average molecular weight is 410 g/mol. The Bertz CT molecular complexity index is 664. The van der Waals surface area contributed by atoms with Gasteiger partial charge in [0.2, 0.25) is 0 Å². The molecule has 0 bridgehead atoms. The minimum Gasteiger partial charge on any atom is -0.454 e. The van der Waals surface area contributed by atoms with Gasteiger partial charge in [-0.25, -0.2) is 9.59 Å². The SMILES string of the molecule is CSCC[C@@H](NC(N)=O)C(=O)OCC(=O)Nc1ccc(N2CCOCC2)cc1. The van der Waals surface area contributed by atoms with Crippen LogP contribution in [0.5, 0.6) is 0 Å². The molecule has 1 fully saturated rings. The summed E-state index contributed by atoms with van der Waals surface area (Å²) in [4.78, 5) is 37.3. The van der Waals surface area contributed by atoms with Crippen LogP contribution in [0, 0.1) is 0 Å². The number of ether oxygens (including phenoxy) is 2. The van der Waals surface area contributed by atoms with Gasteiger partial charge in [-0.05, 0) is 42.7 Å². The Morgan fingerprint density at radius 3 is 2.54 bits per heavy atom. The third-order valence-corrected chi connectivity index (χ3v) is 4.73. The van der Waals surface area contributed by atoms with Gasteiger partial charge in [-0.3, -0.25) is 4.79 Å². The summed E-state index contributed by atoms with van der Waals surface area (Å²) in [6.45, 7) is 2.62. The van der Waals surface area contributed by atoms with Crippen molar-refractivity contribution in [1.82, 2.24) is 5.32 Å². The first kappa shape index (κ1) is 21.8. The molecule has 1 aromatic rings. The zero-order valence-electron chi connectivity index (χ0n) is 15.8. The minimum atomic E-state index is -0.870. The number of anilines is 2. The van der Waals surface area contributed by atoms with E-state index in [1.807, 2.05) is 18.4 Å². The van der Waals surface area contributed by atoms with Crippen molar-refractivity contribution in [3.05, 3.63) is 24.3 Å². The number of nitrogens with two attached hydrogens (primary N) is 1. The minimum absolute atomic E-state index is 0.369. The van der Waals surface area contributed by atoms with Gasteiger partial charge in [0.25, 0.3) is 5.91 Å². The number of thioether (sulfide) groups is 1. The number of urea groups is 1. The molecule has 154 valence electrons.